The second-order valence-corrected chi connectivity index (χ2v) is 9.25. The van der Waals surface area contributed by atoms with Gasteiger partial charge in [0.2, 0.25) is 5.75 Å². The van der Waals surface area contributed by atoms with Crippen molar-refractivity contribution < 1.29 is 33.0 Å². The molecule has 0 atom stereocenters. The second-order valence-electron chi connectivity index (χ2n) is 7.57. The number of esters is 1. The largest absolute Gasteiger partial charge is 0.493 e. The van der Waals surface area contributed by atoms with Crippen LogP contribution in [0.5, 0.6) is 17.2 Å². The molecule has 3 aromatic rings. The SMILES string of the molecule is COC(=O)c1ccc(-c2ccc(/C=C3\SC(=S)N(Cc4cc(OC)c(OC)c(OC)c4)C3=O)o2)cc1. The fourth-order valence-corrected chi connectivity index (χ4v) is 4.88. The maximum atomic E-state index is 13.1. The third kappa shape index (κ3) is 5.09. The molecule has 0 radical (unpaired) electrons. The van der Waals surface area contributed by atoms with Crippen molar-refractivity contribution in [2.45, 2.75) is 6.54 Å². The van der Waals surface area contributed by atoms with Gasteiger partial charge in [-0.05, 0) is 42.0 Å². The molecular weight excluding hydrogens is 502 g/mol. The molecule has 0 spiro atoms. The average molecular weight is 526 g/mol. The van der Waals surface area contributed by atoms with Gasteiger partial charge in [0.25, 0.3) is 5.91 Å². The summed E-state index contributed by atoms with van der Waals surface area (Å²) in [5.74, 6) is 1.95. The Morgan fingerprint density at radius 2 is 1.67 bits per heavy atom. The first-order valence-electron chi connectivity index (χ1n) is 10.7. The van der Waals surface area contributed by atoms with Crippen molar-refractivity contribution in [3.8, 4) is 28.6 Å². The first-order chi connectivity index (χ1) is 17.4. The Labute approximate surface area is 217 Å². The molecule has 186 valence electrons. The van der Waals surface area contributed by atoms with Crippen molar-refractivity contribution >= 4 is 46.3 Å². The predicted octanol–water partition coefficient (Wildman–Crippen LogP) is 5.16. The highest BCUT2D eigenvalue weighted by atomic mass is 32.2. The summed E-state index contributed by atoms with van der Waals surface area (Å²) >= 11 is 6.68. The Morgan fingerprint density at radius 1 is 1.00 bits per heavy atom. The molecule has 1 aromatic heterocycles. The normalized spacial score (nSPS) is 14.3. The molecule has 0 aliphatic carbocycles. The van der Waals surface area contributed by atoms with E-state index in [4.69, 9.17) is 35.6 Å². The van der Waals surface area contributed by atoms with Gasteiger partial charge in [0.1, 0.15) is 15.8 Å². The van der Waals surface area contributed by atoms with Crippen LogP contribution in [0.2, 0.25) is 0 Å². The van der Waals surface area contributed by atoms with E-state index in [1.165, 1.54) is 45.1 Å². The molecule has 0 bridgehead atoms. The van der Waals surface area contributed by atoms with Crippen LogP contribution in [0.3, 0.4) is 0 Å². The van der Waals surface area contributed by atoms with E-state index in [-0.39, 0.29) is 12.5 Å². The molecule has 1 fully saturated rings. The number of benzene rings is 2. The number of thioether (sulfide) groups is 1. The van der Waals surface area contributed by atoms with Crippen molar-refractivity contribution in [3.05, 3.63) is 70.3 Å². The number of hydrogen-bond acceptors (Lipinski definition) is 9. The molecule has 2 aromatic carbocycles. The van der Waals surface area contributed by atoms with Crippen LogP contribution in [0.1, 0.15) is 21.7 Å². The van der Waals surface area contributed by atoms with Gasteiger partial charge in [0, 0.05) is 11.6 Å². The van der Waals surface area contributed by atoms with Gasteiger partial charge < -0.3 is 23.4 Å². The molecule has 0 N–H and O–H groups in total. The van der Waals surface area contributed by atoms with Gasteiger partial charge in [0.15, 0.2) is 11.5 Å². The lowest BCUT2D eigenvalue weighted by atomic mass is 10.1. The maximum Gasteiger partial charge on any atom is 0.337 e. The molecule has 4 rings (SSSR count). The molecular formula is C26H23NO7S2. The topological polar surface area (TPSA) is 87.4 Å². The third-order valence-electron chi connectivity index (χ3n) is 5.43. The lowest BCUT2D eigenvalue weighted by Gasteiger charge is -2.18. The number of ether oxygens (including phenoxy) is 4. The lowest BCUT2D eigenvalue weighted by Crippen LogP contribution is -2.27. The number of thiocarbonyl (C=S) groups is 1. The van der Waals surface area contributed by atoms with Crippen LogP contribution in [-0.2, 0) is 16.1 Å². The highest BCUT2D eigenvalue weighted by Gasteiger charge is 2.33. The molecule has 0 saturated carbocycles. The maximum absolute atomic E-state index is 13.1. The summed E-state index contributed by atoms with van der Waals surface area (Å²) < 4.78 is 27.2. The van der Waals surface area contributed by atoms with E-state index in [1.807, 2.05) is 0 Å². The molecule has 0 unspecified atom stereocenters. The van der Waals surface area contributed by atoms with E-state index in [2.05, 4.69) is 0 Å². The van der Waals surface area contributed by atoms with Crippen molar-refractivity contribution in [1.82, 2.24) is 4.90 Å². The Kier molecular flexibility index (Phi) is 7.66. The van der Waals surface area contributed by atoms with Gasteiger partial charge in [-0.3, -0.25) is 9.69 Å². The number of furan rings is 1. The average Bonchev–Trinajstić information content (AvgIpc) is 3.47. The zero-order chi connectivity index (χ0) is 25.8. The molecule has 1 aliphatic heterocycles. The number of nitrogens with zero attached hydrogens (tertiary/aromatic N) is 1. The summed E-state index contributed by atoms with van der Waals surface area (Å²) in [7, 11) is 5.94. The predicted molar refractivity (Wildman–Crippen MR) is 140 cm³/mol. The minimum absolute atomic E-state index is 0.223. The lowest BCUT2D eigenvalue weighted by molar-refractivity contribution is -0.122. The van der Waals surface area contributed by atoms with Crippen LogP contribution in [0.4, 0.5) is 0 Å². The molecule has 8 nitrogen and oxygen atoms in total. The monoisotopic (exact) mass is 525 g/mol. The zero-order valence-corrected chi connectivity index (χ0v) is 21.7. The number of methoxy groups -OCH3 is 4. The standard InChI is InChI=1S/C26H23NO7S2/c1-30-20-11-15(12-21(31-2)23(20)32-3)14-27-24(28)22(36-26(27)35)13-18-9-10-19(34-18)16-5-7-17(8-6-16)25(29)33-4/h5-13H,14H2,1-4H3/b22-13-. The Bertz CT molecular complexity index is 1320. The second kappa shape index (κ2) is 10.9. The number of hydrogen-bond donors (Lipinski definition) is 0. The van der Waals surface area contributed by atoms with Gasteiger partial charge in [-0.25, -0.2) is 4.79 Å². The minimum atomic E-state index is -0.407. The van der Waals surface area contributed by atoms with Gasteiger partial charge in [0.05, 0.1) is 45.5 Å². The fourth-order valence-electron chi connectivity index (χ4n) is 3.65. The highest BCUT2D eigenvalue weighted by molar-refractivity contribution is 8.26. The minimum Gasteiger partial charge on any atom is -0.493 e. The summed E-state index contributed by atoms with van der Waals surface area (Å²) in [6.45, 7) is 0.245. The third-order valence-corrected chi connectivity index (χ3v) is 6.81. The van der Waals surface area contributed by atoms with E-state index in [1.54, 1.807) is 54.6 Å². The van der Waals surface area contributed by atoms with Crippen molar-refractivity contribution in [1.29, 1.82) is 0 Å². The van der Waals surface area contributed by atoms with Crippen LogP contribution < -0.4 is 14.2 Å². The Balaban J connectivity index is 1.52. The van der Waals surface area contributed by atoms with E-state index in [0.29, 0.717) is 43.6 Å². The fraction of sp³-hybridized carbons (Fsp3) is 0.192. The van der Waals surface area contributed by atoms with E-state index in [0.717, 1.165) is 11.1 Å². The van der Waals surface area contributed by atoms with Gasteiger partial charge in [-0.1, -0.05) is 36.1 Å². The summed E-state index contributed by atoms with van der Waals surface area (Å²) in [6.07, 6.45) is 1.67. The summed E-state index contributed by atoms with van der Waals surface area (Å²) in [6, 6.07) is 14.0. The molecule has 1 saturated heterocycles. The molecule has 1 aliphatic rings. The van der Waals surface area contributed by atoms with Gasteiger partial charge >= 0.3 is 5.97 Å². The molecule has 2 heterocycles. The zero-order valence-electron chi connectivity index (χ0n) is 20.0. The smallest absolute Gasteiger partial charge is 0.337 e. The van der Waals surface area contributed by atoms with Crippen molar-refractivity contribution in [2.24, 2.45) is 0 Å². The van der Waals surface area contributed by atoms with Crippen LogP contribution in [0.25, 0.3) is 17.4 Å². The van der Waals surface area contributed by atoms with Crippen LogP contribution in [0, 0.1) is 0 Å². The summed E-state index contributed by atoms with van der Waals surface area (Å²) in [5, 5.41) is 0. The van der Waals surface area contributed by atoms with Gasteiger partial charge in [-0.2, -0.15) is 0 Å². The quantitative estimate of drug-likeness (QED) is 0.225. The van der Waals surface area contributed by atoms with Crippen molar-refractivity contribution in [2.75, 3.05) is 28.4 Å². The van der Waals surface area contributed by atoms with E-state index < -0.39 is 5.97 Å². The van der Waals surface area contributed by atoms with Crippen LogP contribution in [-0.4, -0.2) is 49.5 Å². The van der Waals surface area contributed by atoms with E-state index in [9.17, 15) is 9.59 Å². The Hall–Kier alpha value is -3.76. The molecule has 1 amide bonds. The number of rotatable bonds is 8. The van der Waals surface area contributed by atoms with Crippen molar-refractivity contribution in [3.63, 3.8) is 0 Å². The first-order valence-corrected chi connectivity index (χ1v) is 11.9. The van der Waals surface area contributed by atoms with E-state index >= 15 is 0 Å². The highest BCUT2D eigenvalue weighted by Crippen LogP contribution is 2.40. The van der Waals surface area contributed by atoms with Crippen LogP contribution in [0.15, 0.2) is 57.9 Å². The van der Waals surface area contributed by atoms with Crippen LogP contribution >= 0.6 is 24.0 Å². The summed E-state index contributed by atoms with van der Waals surface area (Å²) in [5.41, 5.74) is 2.01. The number of amides is 1. The molecule has 10 heteroatoms. The number of carbonyl (C=O) groups is 2. The summed E-state index contributed by atoms with van der Waals surface area (Å²) in [4.78, 5) is 26.7. The first kappa shape index (κ1) is 25.3. The molecule has 36 heavy (non-hydrogen) atoms. The number of carbonyl (C=O) groups excluding carboxylic acids is 2. The Morgan fingerprint density at radius 3 is 2.25 bits per heavy atom. The van der Waals surface area contributed by atoms with Gasteiger partial charge in [-0.15, -0.1) is 0 Å².